The Balaban J connectivity index is 1.10. The van der Waals surface area contributed by atoms with Crippen molar-refractivity contribution in [3.8, 4) is 0 Å². The summed E-state index contributed by atoms with van der Waals surface area (Å²) >= 11 is 0. The van der Waals surface area contributed by atoms with Gasteiger partial charge in [0, 0.05) is 75.4 Å². The van der Waals surface area contributed by atoms with Crippen LogP contribution < -0.4 is 0 Å². The molecule has 3 amide bonds. The van der Waals surface area contributed by atoms with Crippen LogP contribution >= 0.6 is 0 Å². The number of carbonyl (C=O) groups excluding carboxylic acids is 2. The molecular weight excluding hydrogens is 512 g/mol. The van der Waals surface area contributed by atoms with Crippen LogP contribution in [0.4, 0.5) is 4.79 Å². The maximum Gasteiger partial charge on any atom is 0.321 e. The van der Waals surface area contributed by atoms with Gasteiger partial charge in [0.15, 0.2) is 0 Å². The minimum Gasteiger partial charge on any atom is -0.381 e. The van der Waals surface area contributed by atoms with E-state index in [1.54, 1.807) is 0 Å². The molecule has 1 saturated carbocycles. The van der Waals surface area contributed by atoms with Crippen molar-refractivity contribution in [2.45, 2.75) is 114 Å². The number of nitrogens with zero attached hydrogens (tertiary/aromatic N) is 4. The van der Waals surface area contributed by atoms with E-state index in [4.69, 9.17) is 4.74 Å². The topological polar surface area (TPSA) is 56.3 Å². The first-order valence-corrected chi connectivity index (χ1v) is 16.7. The van der Waals surface area contributed by atoms with Gasteiger partial charge in [-0.3, -0.25) is 9.69 Å². The Hall–Kier alpha value is -2.12. The second-order valence-corrected chi connectivity index (χ2v) is 14.4. The van der Waals surface area contributed by atoms with Crippen molar-refractivity contribution in [1.82, 2.24) is 19.6 Å². The van der Waals surface area contributed by atoms with Crippen LogP contribution in [0.25, 0.3) is 0 Å². The summed E-state index contributed by atoms with van der Waals surface area (Å²) in [5.41, 5.74) is 1.34. The number of urea groups is 1. The average Bonchev–Trinajstić information content (AvgIpc) is 3.76. The number of piperidine rings is 1. The van der Waals surface area contributed by atoms with Gasteiger partial charge in [-0.1, -0.05) is 43.2 Å². The lowest BCUT2D eigenvalue weighted by molar-refractivity contribution is -0.134. The standard InChI is InChI=1S/C34H50N4O3/c1-24(2)38-33(40)37(28-14-16-41-17-15-28)23-34(38)18-29-12-13-30(19-34)36(29)21-27-20-35(32(39)26-10-6-7-11-26)22-31(27)25-8-4-3-5-9-25/h3-5,8-9,24,26-31H,6-7,10-23H2,1-2H3/t27-,29?,30?,31-,34?/m1/s1. The number of carbonyl (C=O) groups is 2. The molecule has 6 fully saturated rings. The van der Waals surface area contributed by atoms with Crippen LogP contribution in [-0.4, -0.2) is 101 Å². The Morgan fingerprint density at radius 3 is 2.27 bits per heavy atom. The molecule has 41 heavy (non-hydrogen) atoms. The Kier molecular flexibility index (Phi) is 7.55. The van der Waals surface area contributed by atoms with Gasteiger partial charge < -0.3 is 19.4 Å². The van der Waals surface area contributed by atoms with Crippen LogP contribution in [0, 0.1) is 11.8 Å². The minimum absolute atomic E-state index is 0.0507. The van der Waals surface area contributed by atoms with E-state index in [2.05, 4.69) is 63.8 Å². The Morgan fingerprint density at radius 2 is 1.61 bits per heavy atom. The molecule has 1 aromatic rings. The monoisotopic (exact) mass is 562 g/mol. The fourth-order valence-corrected chi connectivity index (χ4v) is 9.91. The van der Waals surface area contributed by atoms with E-state index < -0.39 is 0 Å². The number of rotatable bonds is 6. The van der Waals surface area contributed by atoms with Gasteiger partial charge in [0.05, 0.1) is 5.54 Å². The van der Waals surface area contributed by atoms with Crippen molar-refractivity contribution in [2.24, 2.45) is 11.8 Å². The van der Waals surface area contributed by atoms with E-state index in [9.17, 15) is 9.59 Å². The van der Waals surface area contributed by atoms with Crippen molar-refractivity contribution < 1.29 is 14.3 Å². The highest BCUT2D eigenvalue weighted by Gasteiger charge is 2.59. The van der Waals surface area contributed by atoms with Gasteiger partial charge in [-0.25, -0.2) is 4.79 Å². The first-order valence-electron chi connectivity index (χ1n) is 16.7. The lowest BCUT2D eigenvalue weighted by Gasteiger charge is -2.50. The number of ether oxygens (including phenoxy) is 1. The molecule has 0 aromatic heterocycles. The lowest BCUT2D eigenvalue weighted by atomic mass is 9.80. The summed E-state index contributed by atoms with van der Waals surface area (Å²) in [7, 11) is 0. The minimum atomic E-state index is -0.0507. The SMILES string of the molecule is CC(C)N1C(=O)N(C2CCOCC2)CC12CC1CCC(C2)N1C[C@H]1CN(C(=O)C2CCCC2)C[C@@H]1c1ccccc1. The number of amides is 3. The third-order valence-electron chi connectivity index (χ3n) is 11.7. The van der Waals surface area contributed by atoms with E-state index in [1.165, 1.54) is 31.2 Å². The van der Waals surface area contributed by atoms with Crippen LogP contribution in [0.1, 0.15) is 89.5 Å². The quantitative estimate of drug-likeness (QED) is 0.484. The highest BCUT2D eigenvalue weighted by molar-refractivity contribution is 5.80. The van der Waals surface area contributed by atoms with Crippen LogP contribution in [0.5, 0.6) is 0 Å². The number of hydrogen-bond donors (Lipinski definition) is 0. The molecule has 7 heteroatoms. The van der Waals surface area contributed by atoms with Crippen LogP contribution in [0.15, 0.2) is 30.3 Å². The molecule has 2 unspecified atom stereocenters. The predicted octanol–water partition coefficient (Wildman–Crippen LogP) is 5.11. The number of fused-ring (bicyclic) bond motifs is 2. The summed E-state index contributed by atoms with van der Waals surface area (Å²) in [5, 5.41) is 0. The van der Waals surface area contributed by atoms with Crippen LogP contribution in [0.3, 0.4) is 0 Å². The molecule has 224 valence electrons. The number of likely N-dealkylation sites (tertiary alicyclic amines) is 1. The summed E-state index contributed by atoms with van der Waals surface area (Å²) < 4.78 is 5.64. The van der Waals surface area contributed by atoms with Gasteiger partial charge in [-0.2, -0.15) is 0 Å². The highest BCUT2D eigenvalue weighted by Crippen LogP contribution is 2.49. The van der Waals surface area contributed by atoms with Gasteiger partial charge in [0.2, 0.25) is 5.91 Å². The normalized spacial score (nSPS) is 35.1. The van der Waals surface area contributed by atoms with Crippen LogP contribution in [0.2, 0.25) is 0 Å². The first kappa shape index (κ1) is 27.7. The van der Waals surface area contributed by atoms with Gasteiger partial charge in [0.1, 0.15) is 0 Å². The Morgan fingerprint density at radius 1 is 0.927 bits per heavy atom. The molecule has 0 radical (unpaired) electrons. The number of benzene rings is 1. The Labute approximate surface area is 246 Å². The molecular formula is C34H50N4O3. The fraction of sp³-hybridized carbons (Fsp3) is 0.765. The maximum atomic E-state index is 13.9. The maximum absolute atomic E-state index is 13.9. The third kappa shape index (κ3) is 4.99. The van der Waals surface area contributed by atoms with Crippen molar-refractivity contribution in [2.75, 3.05) is 39.4 Å². The van der Waals surface area contributed by atoms with Crippen molar-refractivity contribution in [3.63, 3.8) is 0 Å². The van der Waals surface area contributed by atoms with Gasteiger partial charge in [-0.15, -0.1) is 0 Å². The van der Waals surface area contributed by atoms with E-state index in [0.29, 0.717) is 35.9 Å². The zero-order chi connectivity index (χ0) is 28.1. The molecule has 5 saturated heterocycles. The molecule has 4 atom stereocenters. The van der Waals surface area contributed by atoms with Crippen molar-refractivity contribution in [3.05, 3.63) is 35.9 Å². The predicted molar refractivity (Wildman–Crippen MR) is 160 cm³/mol. The van der Waals surface area contributed by atoms with E-state index >= 15 is 0 Å². The molecule has 5 heterocycles. The van der Waals surface area contributed by atoms with Crippen molar-refractivity contribution in [1.29, 1.82) is 0 Å². The van der Waals surface area contributed by atoms with E-state index in [0.717, 1.165) is 77.9 Å². The van der Waals surface area contributed by atoms with Crippen molar-refractivity contribution >= 4 is 11.9 Å². The van der Waals surface area contributed by atoms with Gasteiger partial charge in [0.25, 0.3) is 0 Å². The molecule has 0 N–H and O–H groups in total. The second kappa shape index (κ2) is 11.2. The second-order valence-electron chi connectivity index (χ2n) is 14.4. The molecule has 1 aliphatic carbocycles. The van der Waals surface area contributed by atoms with Crippen LogP contribution in [-0.2, 0) is 9.53 Å². The molecule has 2 bridgehead atoms. The molecule has 6 aliphatic rings. The van der Waals surface area contributed by atoms with Gasteiger partial charge >= 0.3 is 6.03 Å². The molecule has 1 spiro atoms. The molecule has 7 nitrogen and oxygen atoms in total. The zero-order valence-electron chi connectivity index (χ0n) is 25.3. The van der Waals surface area contributed by atoms with E-state index in [1.807, 2.05) is 0 Å². The molecule has 1 aromatic carbocycles. The zero-order valence-corrected chi connectivity index (χ0v) is 25.3. The third-order valence-corrected chi connectivity index (χ3v) is 11.7. The molecule has 7 rings (SSSR count). The summed E-state index contributed by atoms with van der Waals surface area (Å²) in [4.78, 5) is 37.0. The average molecular weight is 563 g/mol. The number of hydrogen-bond acceptors (Lipinski definition) is 4. The summed E-state index contributed by atoms with van der Waals surface area (Å²) in [5.74, 6) is 1.53. The smallest absolute Gasteiger partial charge is 0.321 e. The summed E-state index contributed by atoms with van der Waals surface area (Å²) in [6, 6.07) is 12.8. The highest BCUT2D eigenvalue weighted by atomic mass is 16.5. The largest absolute Gasteiger partial charge is 0.381 e. The van der Waals surface area contributed by atoms with E-state index in [-0.39, 0.29) is 23.5 Å². The fourth-order valence-electron chi connectivity index (χ4n) is 9.91. The first-order chi connectivity index (χ1) is 19.9. The summed E-state index contributed by atoms with van der Waals surface area (Å²) in [6.07, 6.45) is 11.1. The summed E-state index contributed by atoms with van der Waals surface area (Å²) in [6.45, 7) is 9.67. The van der Waals surface area contributed by atoms with Gasteiger partial charge in [-0.05, 0) is 76.7 Å². The molecule has 5 aliphatic heterocycles. The lowest BCUT2D eigenvalue weighted by Crippen LogP contribution is -2.60. The Bertz CT molecular complexity index is 1080.